The maximum Gasteiger partial charge on any atom is 0.303 e. The zero-order chi connectivity index (χ0) is 104. The van der Waals surface area contributed by atoms with Gasteiger partial charge in [0.05, 0.1) is 22.8 Å². The summed E-state index contributed by atoms with van der Waals surface area (Å²) in [6.07, 6.45) is -25.7. The average molecular weight is 2000 g/mol. The van der Waals surface area contributed by atoms with Gasteiger partial charge in [-0.05, 0) is 119 Å². The Bertz CT molecular complexity index is 5630. The van der Waals surface area contributed by atoms with Gasteiger partial charge in [-0.25, -0.2) is 9.97 Å². The molecule has 4 aromatic carbocycles. The number of hydrogen-bond donors (Lipinski definition) is 2. The number of ether oxygens (including phenoxy) is 24. The number of fused-ring (bicyclic) bond motifs is 8. The van der Waals surface area contributed by atoms with E-state index in [1.165, 1.54) is 24.3 Å². The predicted molar refractivity (Wildman–Crippen MR) is 491 cm³/mol. The van der Waals surface area contributed by atoms with Crippen molar-refractivity contribution >= 4 is 142 Å². The number of benzene rings is 4. The molecule has 0 amide bonds. The SMILES string of the molecule is CC(=O)OCC1O[C@@H](Oc2cccc(-c3c4nc(c(-c5cccc(O[C@@H]6OC(COC(C)=O)[C@@H](OC(C)=O)C(OC(C)=O)C6OC(C)=O)c5)c5ccc([nH]5)c(-c5cccc(O[C@@H]6OC(COC(C)=O)[C@@H](OC(C)=O)C(OC(C)=O)C6OC(C)=O)c5)c5nc(c(-c6cccc(OC7O[C@H](COC(C)=O)C(OC(C)=O)C(OC(C)=O)[C@H]7OC(C)=O)c6)c6ccc3[nH]6)C=C5)C=C4)c2)C(OC(C)=O)C(OC(C)=O)[C@@H]1OC(C)=O. The summed E-state index contributed by atoms with van der Waals surface area (Å²) in [6, 6.07) is 32.4. The van der Waals surface area contributed by atoms with E-state index >= 15 is 0 Å². The minimum absolute atomic E-state index is 0.0228. The number of carbonyl (C=O) groups is 16. The summed E-state index contributed by atoms with van der Waals surface area (Å²) in [4.78, 5) is 225. The third-order valence-corrected chi connectivity index (χ3v) is 22.0. The Hall–Kier alpha value is -16.0. The van der Waals surface area contributed by atoms with Gasteiger partial charge in [-0.2, -0.15) is 0 Å². The van der Waals surface area contributed by atoms with Gasteiger partial charge in [-0.1, -0.05) is 48.5 Å². The molecule has 0 spiro atoms. The molecule has 144 heavy (non-hydrogen) atoms. The van der Waals surface area contributed by atoms with Gasteiger partial charge in [0.25, 0.3) is 0 Å². The van der Waals surface area contributed by atoms with Gasteiger partial charge in [0, 0.05) is 155 Å². The summed E-state index contributed by atoms with van der Waals surface area (Å²) in [5, 5.41) is 0. The maximum absolute atomic E-state index is 13.2. The van der Waals surface area contributed by atoms with Crippen molar-refractivity contribution in [3.05, 3.63) is 144 Å². The second-order valence-corrected chi connectivity index (χ2v) is 33.4. The number of aromatic amines is 2. The molecule has 762 valence electrons. The molecule has 44 heteroatoms. The number of nitrogens with zero attached hydrogens (tertiary/aromatic N) is 2. The summed E-state index contributed by atoms with van der Waals surface area (Å²) in [6.45, 7) is 14.8. The zero-order valence-corrected chi connectivity index (χ0v) is 80.5. The van der Waals surface area contributed by atoms with Crippen molar-refractivity contribution < 1.29 is 190 Å². The fourth-order valence-corrected chi connectivity index (χ4v) is 17.0. The second-order valence-electron chi connectivity index (χ2n) is 33.4. The van der Waals surface area contributed by atoms with Crippen LogP contribution in [0.2, 0.25) is 0 Å². The molecule has 3 aromatic heterocycles. The van der Waals surface area contributed by atoms with E-state index in [2.05, 4.69) is 9.97 Å². The summed E-state index contributed by atoms with van der Waals surface area (Å²) in [7, 11) is 0. The number of aromatic nitrogens is 4. The third kappa shape index (κ3) is 26.6. The standard InChI is InChI=1S/C100H102N4O40/c1-45(105)121-41-77-85(125-49(5)109)89(129-53(9)113)93(133-57(13)117)97(141-77)137-65-25-17-21-61(37-65)81-69-29-31-71(101-69)82(62-22-18-26-66(38-62)138-98-94(134-58(14)118)90(130-54(10)114)86(126-50(6)110)78(142-98)42-122-46(2)106)73-33-35-75(103-73)84(64-24-20-28-68(40-64)140-100-96(136-60(16)120)92(132-56(12)116)88(128-52(8)112)80(144-100)44-124-48(4)108)76-36-34-74(104-76)83(72-32-30-70(81)102-72)63-23-19-27-67(39-63)139-99-95(135-59(15)119)91(131-55(11)115)87(127-51(7)111)79(143-99)43-123-47(3)107/h17-40,77-80,85-101,104H,41-44H2,1-16H3/t77-,78?,79?,80?,85?,86-,87-,88-,89?,90?,91?,92?,93-,94?,95?,96?,97?,98-,99-,100-/m1/s1. The van der Waals surface area contributed by atoms with Gasteiger partial charge in [0.15, 0.2) is 48.8 Å². The second kappa shape index (κ2) is 46.6. The number of rotatable bonds is 32. The molecule has 4 fully saturated rings. The Kier molecular flexibility index (Phi) is 34.1. The normalized spacial score (nSPS) is 23.9. The van der Waals surface area contributed by atoms with E-state index in [0.29, 0.717) is 66.6 Å². The topological polar surface area (TPSA) is 552 Å². The highest BCUT2D eigenvalue weighted by molar-refractivity contribution is 6.00. The lowest BCUT2D eigenvalue weighted by atomic mass is 9.98. The zero-order valence-electron chi connectivity index (χ0n) is 80.5. The molecule has 7 aromatic rings. The first kappa shape index (κ1) is 105. The molecule has 44 nitrogen and oxygen atoms in total. The van der Waals surface area contributed by atoms with Crippen LogP contribution in [0.1, 0.15) is 134 Å². The first-order valence-electron chi connectivity index (χ1n) is 44.9. The van der Waals surface area contributed by atoms with Crippen molar-refractivity contribution in [1.82, 2.24) is 19.9 Å². The summed E-state index contributed by atoms with van der Waals surface area (Å²) in [5.41, 5.74) is 4.49. The largest absolute Gasteiger partial charge is 0.463 e. The van der Waals surface area contributed by atoms with Crippen LogP contribution in [0.15, 0.2) is 121 Å². The third-order valence-electron chi connectivity index (χ3n) is 22.0. The highest BCUT2D eigenvalue weighted by Gasteiger charge is 2.58. The Morgan fingerprint density at radius 2 is 0.403 bits per heavy atom. The average Bonchev–Trinajstić information content (AvgIpc) is 1.62. The molecular formula is C100H102N4O40. The lowest BCUT2D eigenvalue weighted by Crippen LogP contribution is -2.63. The van der Waals surface area contributed by atoms with Crippen molar-refractivity contribution in [2.75, 3.05) is 26.4 Å². The van der Waals surface area contributed by atoms with Crippen molar-refractivity contribution in [2.24, 2.45) is 0 Å². The smallest absolute Gasteiger partial charge is 0.303 e. The molecule has 0 aliphatic carbocycles. The number of nitrogens with one attached hydrogen (secondary N) is 2. The van der Waals surface area contributed by atoms with Gasteiger partial charge in [0.2, 0.25) is 49.6 Å². The monoisotopic (exact) mass is 2000 g/mol. The molecule has 6 aliphatic heterocycles. The fraction of sp³-hybridized carbons (Fsp3) is 0.400. The molecule has 20 atom stereocenters. The van der Waals surface area contributed by atoms with Crippen LogP contribution in [0, 0.1) is 0 Å². The molecular weight excluding hydrogens is 1900 g/mol. The Morgan fingerprint density at radius 3 is 0.576 bits per heavy atom. The van der Waals surface area contributed by atoms with Crippen LogP contribution < -0.4 is 18.9 Å². The van der Waals surface area contributed by atoms with E-state index in [9.17, 15) is 76.7 Å². The molecule has 2 N–H and O–H groups in total. The quantitative estimate of drug-likeness (QED) is 0.0293. The Morgan fingerprint density at radius 1 is 0.229 bits per heavy atom. The number of esters is 16. The molecule has 0 radical (unpaired) electrons. The predicted octanol–water partition coefficient (Wildman–Crippen LogP) is 9.17. The van der Waals surface area contributed by atoms with E-state index in [1.54, 1.807) is 121 Å². The van der Waals surface area contributed by atoms with E-state index in [1.807, 2.05) is 0 Å². The van der Waals surface area contributed by atoms with Crippen molar-refractivity contribution in [1.29, 1.82) is 0 Å². The minimum Gasteiger partial charge on any atom is -0.463 e. The number of hydrogen-bond acceptors (Lipinski definition) is 42. The van der Waals surface area contributed by atoms with Gasteiger partial charge >= 0.3 is 95.5 Å². The Labute approximate surface area is 820 Å². The van der Waals surface area contributed by atoms with Gasteiger partial charge in [0.1, 0.15) is 73.8 Å². The molecule has 6 aliphatic rings. The fourth-order valence-electron chi connectivity index (χ4n) is 17.0. The Balaban J connectivity index is 1.08. The van der Waals surface area contributed by atoms with E-state index in [4.69, 9.17) is 124 Å². The van der Waals surface area contributed by atoms with Crippen molar-refractivity contribution in [3.8, 4) is 67.5 Å². The van der Waals surface area contributed by atoms with Gasteiger partial charge < -0.3 is 124 Å². The van der Waals surface area contributed by atoms with Crippen LogP contribution in [0.4, 0.5) is 0 Å². The highest BCUT2D eigenvalue weighted by Crippen LogP contribution is 2.45. The molecule has 13 rings (SSSR count). The van der Waals surface area contributed by atoms with Crippen LogP contribution in [-0.2, 0) is 171 Å². The first-order chi connectivity index (χ1) is 68.5. The minimum atomic E-state index is -1.75. The highest BCUT2D eigenvalue weighted by atomic mass is 16.8. The molecule has 9 heterocycles. The van der Waals surface area contributed by atoms with Gasteiger partial charge in [-0.3, -0.25) is 76.7 Å². The maximum atomic E-state index is 13.2. The lowest BCUT2D eigenvalue weighted by molar-refractivity contribution is -0.288. The van der Waals surface area contributed by atoms with Gasteiger partial charge in [-0.15, -0.1) is 0 Å². The first-order valence-corrected chi connectivity index (χ1v) is 44.9. The summed E-state index contributed by atoms with van der Waals surface area (Å²) in [5.74, 6) is -14.1. The summed E-state index contributed by atoms with van der Waals surface area (Å²) >= 11 is 0. The van der Waals surface area contributed by atoms with E-state index in [-0.39, 0.29) is 45.8 Å². The molecule has 12 unspecified atom stereocenters. The van der Waals surface area contributed by atoms with E-state index < -0.39 is 245 Å². The van der Waals surface area contributed by atoms with Crippen molar-refractivity contribution in [3.63, 3.8) is 0 Å². The molecule has 0 saturated carbocycles. The van der Waals surface area contributed by atoms with Crippen LogP contribution in [0.25, 0.3) is 90.9 Å². The lowest BCUT2D eigenvalue weighted by Gasteiger charge is -2.43. The number of carbonyl (C=O) groups excluding carboxylic acids is 16. The number of H-pyrrole nitrogens is 2. The molecule has 4 saturated heterocycles. The van der Waals surface area contributed by atoms with Crippen LogP contribution in [0.3, 0.4) is 0 Å². The van der Waals surface area contributed by atoms with Crippen LogP contribution in [0.5, 0.6) is 23.0 Å². The van der Waals surface area contributed by atoms with Crippen molar-refractivity contribution in [2.45, 2.75) is 234 Å². The van der Waals surface area contributed by atoms with Crippen LogP contribution >= 0.6 is 0 Å². The summed E-state index contributed by atoms with van der Waals surface area (Å²) < 4.78 is 143. The van der Waals surface area contributed by atoms with E-state index in [0.717, 1.165) is 111 Å². The van der Waals surface area contributed by atoms with Crippen LogP contribution in [-0.4, -0.2) is 265 Å². The molecule has 8 bridgehead atoms.